The highest BCUT2D eigenvalue weighted by Gasteiger charge is 2.47. The summed E-state index contributed by atoms with van der Waals surface area (Å²) in [6.45, 7) is 6.68. The molecule has 0 saturated heterocycles. The number of anilines is 3. The number of fused-ring (bicyclic) bond motifs is 10. The molecule has 13 aromatic carbocycles. The summed E-state index contributed by atoms with van der Waals surface area (Å²) in [6, 6.07) is 110. The Kier molecular flexibility index (Phi) is 11.6. The lowest BCUT2D eigenvalue weighted by Crippen LogP contribution is -2.60. The third kappa shape index (κ3) is 8.07. The highest BCUT2D eigenvalue weighted by atomic mass is 16.5. The quantitative estimate of drug-likeness (QED) is 0.142. The van der Waals surface area contributed by atoms with Crippen LogP contribution in [-0.4, -0.2) is 15.8 Å². The summed E-state index contributed by atoms with van der Waals surface area (Å²) in [5.41, 5.74) is 25.7. The van der Waals surface area contributed by atoms with E-state index in [1.165, 1.54) is 32.6 Å². The van der Waals surface area contributed by atoms with Crippen molar-refractivity contribution < 1.29 is 4.74 Å². The van der Waals surface area contributed by atoms with Gasteiger partial charge in [0.1, 0.15) is 11.5 Å². The fourth-order valence-corrected chi connectivity index (χ4v) is 14.4. The summed E-state index contributed by atoms with van der Waals surface area (Å²) in [5, 5.41) is 4.86. The van der Waals surface area contributed by atoms with Gasteiger partial charge in [-0.05, 0) is 139 Å². The van der Waals surface area contributed by atoms with E-state index >= 15 is 0 Å². The van der Waals surface area contributed by atoms with E-state index < -0.39 is 0 Å². The molecule has 0 atom stereocenters. The largest absolute Gasteiger partial charge is 0.458 e. The van der Waals surface area contributed by atoms with Crippen molar-refractivity contribution in [3.63, 3.8) is 0 Å². The number of rotatable bonds is 8. The van der Waals surface area contributed by atoms with Crippen LogP contribution in [0, 0.1) is 0 Å². The van der Waals surface area contributed by atoms with Crippen LogP contribution in [0.5, 0.6) is 11.5 Å². The molecule has 2 aromatic heterocycles. The van der Waals surface area contributed by atoms with Crippen molar-refractivity contribution in [2.45, 2.75) is 26.2 Å². The monoisotopic (exact) mass is 1110 g/mol. The van der Waals surface area contributed by atoms with E-state index in [0.717, 1.165) is 129 Å². The molecule has 0 N–H and O–H groups in total. The highest BCUT2D eigenvalue weighted by molar-refractivity contribution is 7.01. The first-order valence-electron chi connectivity index (χ1n) is 30.3. The van der Waals surface area contributed by atoms with Gasteiger partial charge in [-0.25, -0.2) is 0 Å². The Morgan fingerprint density at radius 3 is 1.09 bits per heavy atom. The molecule has 5 heteroatoms. The van der Waals surface area contributed by atoms with Crippen molar-refractivity contribution in [3.8, 4) is 78.5 Å². The van der Waals surface area contributed by atoms with Gasteiger partial charge in [0.25, 0.3) is 6.71 Å². The van der Waals surface area contributed by atoms with Gasteiger partial charge in [0.05, 0.1) is 33.4 Å². The van der Waals surface area contributed by atoms with Crippen molar-refractivity contribution in [2.24, 2.45) is 0 Å². The molecule has 4 heterocycles. The Balaban J connectivity index is 1.07. The lowest BCUT2D eigenvalue weighted by atomic mass is 9.32. The first-order chi connectivity index (χ1) is 42.8. The van der Waals surface area contributed by atoms with E-state index in [-0.39, 0.29) is 12.1 Å². The molecule has 15 aromatic rings. The zero-order chi connectivity index (χ0) is 57.9. The van der Waals surface area contributed by atoms with Gasteiger partial charge in [0.15, 0.2) is 0 Å². The van der Waals surface area contributed by atoms with Crippen LogP contribution >= 0.6 is 0 Å². The number of benzene rings is 13. The number of nitrogens with zero attached hydrogens (tertiary/aromatic N) is 3. The topological polar surface area (TPSA) is 22.3 Å². The molecule has 2 aliphatic heterocycles. The maximum atomic E-state index is 7.87. The molecule has 0 aliphatic carbocycles. The minimum absolute atomic E-state index is 0.279. The van der Waals surface area contributed by atoms with Crippen LogP contribution in [-0.2, 0) is 5.41 Å². The predicted molar refractivity (Wildman–Crippen MR) is 367 cm³/mol. The Labute approximate surface area is 507 Å². The molecule has 0 fully saturated rings. The lowest BCUT2D eigenvalue weighted by molar-refractivity contribution is 0.483. The van der Waals surface area contributed by atoms with Crippen LogP contribution in [0.25, 0.3) is 111 Å². The molecule has 0 amide bonds. The van der Waals surface area contributed by atoms with Gasteiger partial charge in [0, 0.05) is 55.8 Å². The first-order valence-corrected chi connectivity index (χ1v) is 30.3. The molecule has 0 spiro atoms. The molecule has 410 valence electrons. The minimum Gasteiger partial charge on any atom is -0.458 e. The van der Waals surface area contributed by atoms with E-state index in [2.05, 4.69) is 332 Å². The second-order valence-corrected chi connectivity index (χ2v) is 24.3. The van der Waals surface area contributed by atoms with Gasteiger partial charge in [0.2, 0.25) is 0 Å². The SMILES string of the molecule is CC(C)(C)c1cc2c3c(c1)N(c1c(-c4ccccc4)cc(-c4ccccc4)cc1-c1ccccc1)c1cc(-n4c5ccccc5c5ccccc54)cc(-c4ccccc4)c1B3c1c(cc(-n3c4ccccc4c4ccccc43)cc1-c1ccccc1)O2. The van der Waals surface area contributed by atoms with Crippen molar-refractivity contribution in [1.82, 2.24) is 9.13 Å². The van der Waals surface area contributed by atoms with Crippen LogP contribution < -0.4 is 26.0 Å². The van der Waals surface area contributed by atoms with Gasteiger partial charge >= 0.3 is 0 Å². The van der Waals surface area contributed by atoms with Gasteiger partial charge in [-0.3, -0.25) is 0 Å². The number of hydrogen-bond donors (Lipinski definition) is 0. The number of ether oxygens (including phenoxy) is 1. The number of aromatic nitrogens is 2. The lowest BCUT2D eigenvalue weighted by Gasteiger charge is -2.44. The summed E-state index contributed by atoms with van der Waals surface area (Å²) >= 11 is 0. The number of hydrogen-bond acceptors (Lipinski definition) is 2. The average Bonchev–Trinajstić information content (AvgIpc) is 1.32. The molecule has 2 aliphatic rings. The Morgan fingerprint density at radius 2 is 0.655 bits per heavy atom. The molecule has 4 nitrogen and oxygen atoms in total. The summed E-state index contributed by atoms with van der Waals surface area (Å²) in [7, 11) is 0. The molecule has 0 unspecified atom stereocenters. The summed E-state index contributed by atoms with van der Waals surface area (Å²) < 4.78 is 12.8. The Bertz CT molecular complexity index is 5050. The van der Waals surface area contributed by atoms with Crippen LogP contribution in [0.2, 0.25) is 0 Å². The van der Waals surface area contributed by atoms with Crippen molar-refractivity contribution in [2.75, 3.05) is 4.90 Å². The minimum atomic E-state index is -0.312. The zero-order valence-corrected chi connectivity index (χ0v) is 48.6. The Morgan fingerprint density at radius 1 is 0.299 bits per heavy atom. The van der Waals surface area contributed by atoms with Gasteiger partial charge < -0.3 is 18.8 Å². The maximum Gasteiger partial charge on any atom is 0.258 e. The zero-order valence-electron chi connectivity index (χ0n) is 48.6. The second kappa shape index (κ2) is 19.9. The van der Waals surface area contributed by atoms with Crippen LogP contribution in [0.3, 0.4) is 0 Å². The molecule has 87 heavy (non-hydrogen) atoms. The smallest absolute Gasteiger partial charge is 0.258 e. The van der Waals surface area contributed by atoms with Gasteiger partial charge in [-0.1, -0.05) is 245 Å². The first kappa shape index (κ1) is 50.6. The van der Waals surface area contributed by atoms with E-state index in [4.69, 9.17) is 4.74 Å². The third-order valence-electron chi connectivity index (χ3n) is 18.3. The van der Waals surface area contributed by atoms with E-state index in [9.17, 15) is 0 Å². The fraction of sp³-hybridized carbons (Fsp3) is 0.0488. The maximum absolute atomic E-state index is 7.87. The van der Waals surface area contributed by atoms with Crippen LogP contribution in [0.15, 0.2) is 297 Å². The standard InChI is InChI=1S/C82H58BN3O/c1-82(2,3)59-47-74-80-76(48-59)87-77-52-61(85-72-43-25-21-39-64(72)65-40-22-26-44-73(65)85)50-67(55-31-13-6-14-32-55)79(77)83(80)78-66(54-29-11-5-12-30-54)49-60(84-70-41-23-19-37-62(70)63-38-20-24-42-71(63)84)51-75(78)86(74)81-68(56-33-15-7-16-34-56)45-58(53-27-9-4-10-28-53)46-69(81)57-35-17-8-18-36-57/h4-52H,1-3H3. The summed E-state index contributed by atoms with van der Waals surface area (Å²) in [5.74, 6) is 1.70. The third-order valence-corrected chi connectivity index (χ3v) is 18.3. The number of para-hydroxylation sites is 4. The molecular weight excluding hydrogens is 1050 g/mol. The molecule has 0 radical (unpaired) electrons. The molecule has 0 saturated carbocycles. The van der Waals surface area contributed by atoms with Gasteiger partial charge in [-0.15, -0.1) is 0 Å². The molecule has 17 rings (SSSR count). The van der Waals surface area contributed by atoms with Crippen molar-refractivity contribution >= 4 is 83.8 Å². The fourth-order valence-electron chi connectivity index (χ4n) is 14.4. The van der Waals surface area contributed by atoms with Crippen LogP contribution in [0.1, 0.15) is 26.3 Å². The van der Waals surface area contributed by atoms with E-state index in [1.807, 2.05) is 0 Å². The molecule has 0 bridgehead atoms. The normalized spacial score (nSPS) is 12.6. The Hall–Kier alpha value is -10.9. The van der Waals surface area contributed by atoms with E-state index in [0.29, 0.717) is 0 Å². The summed E-state index contributed by atoms with van der Waals surface area (Å²) in [4.78, 5) is 2.66. The van der Waals surface area contributed by atoms with Crippen molar-refractivity contribution in [1.29, 1.82) is 0 Å². The van der Waals surface area contributed by atoms with Gasteiger partial charge in [-0.2, -0.15) is 0 Å². The highest BCUT2D eigenvalue weighted by Crippen LogP contribution is 2.53. The molecular formula is C82H58BN3O. The summed E-state index contributed by atoms with van der Waals surface area (Å²) in [6.07, 6.45) is 0. The van der Waals surface area contributed by atoms with Crippen molar-refractivity contribution in [3.05, 3.63) is 303 Å². The second-order valence-electron chi connectivity index (χ2n) is 24.3. The van der Waals surface area contributed by atoms with Crippen LogP contribution in [0.4, 0.5) is 17.1 Å². The predicted octanol–water partition coefficient (Wildman–Crippen LogP) is 19.9. The average molecular weight is 1110 g/mol. The van der Waals surface area contributed by atoms with E-state index in [1.54, 1.807) is 0 Å².